The first-order valence-corrected chi connectivity index (χ1v) is 11.9. The van der Waals surface area contributed by atoms with Crippen LogP contribution in [-0.2, 0) is 16.1 Å². The van der Waals surface area contributed by atoms with Crippen molar-refractivity contribution in [3.05, 3.63) is 28.8 Å². The van der Waals surface area contributed by atoms with Crippen molar-refractivity contribution in [2.45, 2.75) is 52.5 Å². The highest BCUT2D eigenvalue weighted by atomic mass is 16.3. The van der Waals surface area contributed by atoms with Crippen molar-refractivity contribution in [1.82, 2.24) is 15.1 Å². The summed E-state index contributed by atoms with van der Waals surface area (Å²) < 4.78 is 0. The second-order valence-corrected chi connectivity index (χ2v) is 10.6. The summed E-state index contributed by atoms with van der Waals surface area (Å²) in [4.78, 5) is 29.4. The first kappa shape index (κ1) is 20.8. The third kappa shape index (κ3) is 3.84. The number of rotatable bonds is 6. The molecule has 31 heavy (non-hydrogen) atoms. The van der Waals surface area contributed by atoms with Crippen LogP contribution in [0.2, 0.25) is 0 Å². The van der Waals surface area contributed by atoms with E-state index in [-0.39, 0.29) is 23.8 Å². The Morgan fingerprint density at radius 2 is 1.68 bits per heavy atom. The van der Waals surface area contributed by atoms with E-state index in [4.69, 9.17) is 0 Å². The Morgan fingerprint density at radius 1 is 1.06 bits per heavy atom. The third-order valence-corrected chi connectivity index (χ3v) is 8.78. The standard InChI is InChI=1S/C25H35N3O3/c1-16-7-21(29)8-17(2)22(16)15-27-3-5-28(6-4-27)24(31)14-26-23(30)13-25-11-18-9-20(25)10-19(18)12-25/h7-8,18-20,29H,3-6,9-15H2,1-2H3,(H,26,30). The molecule has 0 spiro atoms. The van der Waals surface area contributed by atoms with Crippen LogP contribution < -0.4 is 5.32 Å². The van der Waals surface area contributed by atoms with Crippen LogP contribution in [0.1, 0.15) is 48.8 Å². The lowest BCUT2D eigenvalue weighted by Crippen LogP contribution is -2.51. The lowest BCUT2D eigenvalue weighted by Gasteiger charge is -2.35. The van der Waals surface area contributed by atoms with Gasteiger partial charge in [0.2, 0.25) is 11.8 Å². The summed E-state index contributed by atoms with van der Waals surface area (Å²) in [6.07, 6.45) is 5.78. The number of aryl methyl sites for hydroxylation is 2. The maximum Gasteiger partial charge on any atom is 0.242 e. The fraction of sp³-hybridized carbons (Fsp3) is 0.680. The van der Waals surface area contributed by atoms with E-state index >= 15 is 0 Å². The smallest absolute Gasteiger partial charge is 0.242 e. The predicted octanol–water partition coefficient (Wildman–Crippen LogP) is 2.60. The number of benzene rings is 1. The van der Waals surface area contributed by atoms with Gasteiger partial charge in [0.05, 0.1) is 6.54 Å². The summed E-state index contributed by atoms with van der Waals surface area (Å²) >= 11 is 0. The normalized spacial score (nSPS) is 31.5. The zero-order chi connectivity index (χ0) is 21.8. The molecule has 2 amide bonds. The Kier molecular flexibility index (Phi) is 5.24. The van der Waals surface area contributed by atoms with E-state index in [1.807, 2.05) is 30.9 Å². The van der Waals surface area contributed by atoms with Gasteiger partial charge in [-0.1, -0.05) is 0 Å². The van der Waals surface area contributed by atoms with Gasteiger partial charge in [-0.05, 0) is 91.5 Å². The minimum atomic E-state index is 0.0301. The van der Waals surface area contributed by atoms with Gasteiger partial charge in [0.1, 0.15) is 5.75 Å². The van der Waals surface area contributed by atoms with Crippen LogP contribution in [0, 0.1) is 37.0 Å². The number of nitrogens with zero attached hydrogens (tertiary/aromatic N) is 2. The average Bonchev–Trinajstić information content (AvgIpc) is 3.44. The molecule has 4 bridgehead atoms. The Labute approximate surface area is 185 Å². The minimum Gasteiger partial charge on any atom is -0.508 e. The zero-order valence-corrected chi connectivity index (χ0v) is 18.8. The minimum absolute atomic E-state index is 0.0301. The maximum absolute atomic E-state index is 12.6. The van der Waals surface area contributed by atoms with Crippen LogP contribution in [0.5, 0.6) is 5.75 Å². The van der Waals surface area contributed by atoms with Gasteiger partial charge in [-0.15, -0.1) is 0 Å². The number of amides is 2. The number of carbonyl (C=O) groups is 2. The van der Waals surface area contributed by atoms with Crippen molar-refractivity contribution in [2.24, 2.45) is 23.2 Å². The number of nitrogens with one attached hydrogen (secondary N) is 1. The van der Waals surface area contributed by atoms with Gasteiger partial charge in [-0.3, -0.25) is 14.5 Å². The number of piperazine rings is 1. The van der Waals surface area contributed by atoms with Gasteiger partial charge >= 0.3 is 0 Å². The number of aromatic hydroxyl groups is 1. The van der Waals surface area contributed by atoms with Crippen molar-refractivity contribution in [3.8, 4) is 5.75 Å². The summed E-state index contributed by atoms with van der Waals surface area (Å²) in [5.41, 5.74) is 3.72. The number of phenolic OH excluding ortho intramolecular Hbond substituents is 1. The molecule has 2 N–H and O–H groups in total. The van der Waals surface area contributed by atoms with E-state index in [0.717, 1.165) is 48.5 Å². The van der Waals surface area contributed by atoms with Gasteiger partial charge in [-0.25, -0.2) is 0 Å². The second-order valence-electron chi connectivity index (χ2n) is 10.6. The first-order valence-electron chi connectivity index (χ1n) is 11.9. The van der Waals surface area contributed by atoms with Crippen LogP contribution in [-0.4, -0.2) is 59.4 Å². The molecule has 168 valence electrons. The van der Waals surface area contributed by atoms with Gasteiger partial charge in [0, 0.05) is 39.1 Å². The van der Waals surface area contributed by atoms with E-state index in [0.29, 0.717) is 25.3 Å². The summed E-state index contributed by atoms with van der Waals surface area (Å²) in [6.45, 7) is 8.07. The van der Waals surface area contributed by atoms with Crippen molar-refractivity contribution >= 4 is 11.8 Å². The summed E-state index contributed by atoms with van der Waals surface area (Å²) in [7, 11) is 0. The largest absolute Gasteiger partial charge is 0.508 e. The van der Waals surface area contributed by atoms with Crippen molar-refractivity contribution in [2.75, 3.05) is 32.7 Å². The van der Waals surface area contributed by atoms with E-state index in [9.17, 15) is 14.7 Å². The number of hydrogen-bond acceptors (Lipinski definition) is 4. The molecule has 6 nitrogen and oxygen atoms in total. The Balaban J connectivity index is 1.06. The Morgan fingerprint density at radius 3 is 2.23 bits per heavy atom. The average molecular weight is 426 g/mol. The summed E-state index contributed by atoms with van der Waals surface area (Å²) in [5.74, 6) is 2.93. The highest BCUT2D eigenvalue weighted by Gasteiger charge is 2.63. The molecule has 6 heteroatoms. The monoisotopic (exact) mass is 425 g/mol. The van der Waals surface area contributed by atoms with Crippen molar-refractivity contribution in [3.63, 3.8) is 0 Å². The van der Waals surface area contributed by atoms with Gasteiger partial charge in [-0.2, -0.15) is 0 Å². The van der Waals surface area contributed by atoms with Gasteiger partial charge in [0.15, 0.2) is 0 Å². The Bertz CT molecular complexity index is 853. The lowest BCUT2D eigenvalue weighted by atomic mass is 9.78. The molecule has 0 radical (unpaired) electrons. The molecule has 5 aliphatic rings. The lowest BCUT2D eigenvalue weighted by molar-refractivity contribution is -0.135. The van der Waals surface area contributed by atoms with Crippen LogP contribution in [0.15, 0.2) is 12.1 Å². The van der Waals surface area contributed by atoms with E-state index in [1.54, 1.807) is 0 Å². The molecule has 1 heterocycles. The molecule has 1 aliphatic heterocycles. The number of carbonyl (C=O) groups excluding carboxylic acids is 2. The van der Waals surface area contributed by atoms with Gasteiger partial charge < -0.3 is 15.3 Å². The third-order valence-electron chi connectivity index (χ3n) is 8.78. The SMILES string of the molecule is Cc1cc(O)cc(C)c1CN1CCN(C(=O)CNC(=O)CC23CC4CC2CC4C3)CC1. The maximum atomic E-state index is 12.6. The molecule has 4 aliphatic carbocycles. The molecular formula is C25H35N3O3. The molecule has 2 unspecified atom stereocenters. The quantitative estimate of drug-likeness (QED) is 0.735. The van der Waals surface area contributed by atoms with E-state index in [1.165, 1.54) is 31.2 Å². The van der Waals surface area contributed by atoms with Crippen molar-refractivity contribution < 1.29 is 14.7 Å². The molecule has 1 aromatic rings. The molecule has 1 saturated heterocycles. The highest BCUT2D eigenvalue weighted by Crippen LogP contribution is 2.71. The molecule has 5 fully saturated rings. The van der Waals surface area contributed by atoms with Crippen LogP contribution in [0.25, 0.3) is 0 Å². The fourth-order valence-corrected chi connectivity index (χ4v) is 7.23. The predicted molar refractivity (Wildman–Crippen MR) is 118 cm³/mol. The number of phenols is 1. The van der Waals surface area contributed by atoms with Crippen molar-refractivity contribution in [1.29, 1.82) is 0 Å². The summed E-state index contributed by atoms with van der Waals surface area (Å²) in [6, 6.07) is 3.62. The highest BCUT2D eigenvalue weighted by molar-refractivity contribution is 5.85. The fourth-order valence-electron chi connectivity index (χ4n) is 7.23. The molecule has 4 saturated carbocycles. The Hall–Kier alpha value is -2.08. The van der Waals surface area contributed by atoms with E-state index < -0.39 is 0 Å². The van der Waals surface area contributed by atoms with Crippen LogP contribution in [0.3, 0.4) is 0 Å². The zero-order valence-electron chi connectivity index (χ0n) is 18.8. The first-order chi connectivity index (χ1) is 14.8. The molecule has 2 atom stereocenters. The van der Waals surface area contributed by atoms with E-state index in [2.05, 4.69) is 10.2 Å². The van der Waals surface area contributed by atoms with Crippen LogP contribution >= 0.6 is 0 Å². The molecule has 1 aromatic carbocycles. The molecule has 0 aromatic heterocycles. The topological polar surface area (TPSA) is 72.9 Å². The molecular weight excluding hydrogens is 390 g/mol. The van der Waals surface area contributed by atoms with Gasteiger partial charge in [0.25, 0.3) is 0 Å². The van der Waals surface area contributed by atoms with Crippen LogP contribution in [0.4, 0.5) is 0 Å². The number of hydrogen-bond donors (Lipinski definition) is 2. The molecule has 6 rings (SSSR count). The summed E-state index contributed by atoms with van der Waals surface area (Å²) in [5, 5.41) is 12.7. The second kappa shape index (κ2) is 7.80.